The second kappa shape index (κ2) is 4.80. The molecule has 0 fully saturated rings. The Balaban J connectivity index is 2.16. The van der Waals surface area contributed by atoms with Crippen molar-refractivity contribution in [1.82, 2.24) is 4.98 Å². The monoisotopic (exact) mass is 328 g/mol. The van der Waals surface area contributed by atoms with Gasteiger partial charge in [-0.3, -0.25) is 4.79 Å². The van der Waals surface area contributed by atoms with Crippen LogP contribution in [-0.4, -0.2) is 10.8 Å². The number of benzene rings is 2. The number of nitrogens with one attached hydrogen (secondary N) is 1. The molecule has 3 aromatic rings. The SMILES string of the molecule is Cc1ccc2c(C(=O)c3cccc(N)c3Br)c[nH]c2c1. The standard InChI is InChI=1S/C16H13BrN2O/c1-9-5-6-10-12(8-19-14(10)7-9)16(20)11-3-2-4-13(18)15(11)17/h2-8,19H,18H2,1H3. The first-order valence-corrected chi connectivity index (χ1v) is 7.03. The number of ketones is 1. The van der Waals surface area contributed by atoms with Crippen LogP contribution in [0.15, 0.2) is 47.1 Å². The number of hydrogen-bond acceptors (Lipinski definition) is 2. The van der Waals surface area contributed by atoms with E-state index in [1.165, 1.54) is 0 Å². The summed E-state index contributed by atoms with van der Waals surface area (Å²) in [5.74, 6) is -0.0423. The maximum absolute atomic E-state index is 12.7. The number of rotatable bonds is 2. The topological polar surface area (TPSA) is 58.9 Å². The zero-order chi connectivity index (χ0) is 14.3. The molecule has 0 aliphatic carbocycles. The first kappa shape index (κ1) is 12.9. The van der Waals surface area contributed by atoms with Crippen molar-refractivity contribution in [1.29, 1.82) is 0 Å². The second-order valence-corrected chi connectivity index (χ2v) is 5.58. The molecular weight excluding hydrogens is 316 g/mol. The van der Waals surface area contributed by atoms with Gasteiger partial charge in [0.2, 0.25) is 0 Å². The number of anilines is 1. The predicted molar refractivity (Wildman–Crippen MR) is 85.0 cm³/mol. The summed E-state index contributed by atoms with van der Waals surface area (Å²) in [4.78, 5) is 15.8. The van der Waals surface area contributed by atoms with Crippen LogP contribution in [0, 0.1) is 6.92 Å². The Labute approximate surface area is 124 Å². The molecule has 0 saturated carbocycles. The molecule has 0 amide bonds. The molecule has 0 unspecified atom stereocenters. The lowest BCUT2D eigenvalue weighted by molar-refractivity contribution is 0.103. The van der Waals surface area contributed by atoms with Gasteiger partial charge in [-0.05, 0) is 46.6 Å². The average molecular weight is 329 g/mol. The van der Waals surface area contributed by atoms with Gasteiger partial charge in [0, 0.05) is 33.9 Å². The lowest BCUT2D eigenvalue weighted by Crippen LogP contribution is -2.03. The Kier molecular flexibility index (Phi) is 3.10. The minimum absolute atomic E-state index is 0.0423. The molecule has 0 atom stereocenters. The fourth-order valence-electron chi connectivity index (χ4n) is 2.30. The molecule has 0 bridgehead atoms. The summed E-state index contributed by atoms with van der Waals surface area (Å²) in [6, 6.07) is 11.3. The number of aromatic nitrogens is 1. The molecule has 0 radical (unpaired) electrons. The average Bonchev–Trinajstić information content (AvgIpc) is 2.84. The Morgan fingerprint density at radius 2 is 2.00 bits per heavy atom. The summed E-state index contributed by atoms with van der Waals surface area (Å²) in [5.41, 5.74) is 9.76. The first-order valence-electron chi connectivity index (χ1n) is 6.24. The highest BCUT2D eigenvalue weighted by Gasteiger charge is 2.17. The van der Waals surface area contributed by atoms with E-state index in [1.54, 1.807) is 24.4 Å². The maximum Gasteiger partial charge on any atom is 0.196 e. The lowest BCUT2D eigenvalue weighted by Gasteiger charge is -2.05. The third-order valence-electron chi connectivity index (χ3n) is 3.36. The summed E-state index contributed by atoms with van der Waals surface area (Å²) < 4.78 is 0.645. The van der Waals surface area contributed by atoms with Gasteiger partial charge in [0.25, 0.3) is 0 Å². The van der Waals surface area contributed by atoms with Crippen molar-refractivity contribution < 1.29 is 4.79 Å². The summed E-state index contributed by atoms with van der Waals surface area (Å²) in [6.45, 7) is 2.02. The fourth-order valence-corrected chi connectivity index (χ4v) is 2.74. The van der Waals surface area contributed by atoms with E-state index in [4.69, 9.17) is 5.73 Å². The van der Waals surface area contributed by atoms with Gasteiger partial charge in [-0.15, -0.1) is 0 Å². The highest BCUT2D eigenvalue weighted by Crippen LogP contribution is 2.28. The largest absolute Gasteiger partial charge is 0.398 e. The van der Waals surface area contributed by atoms with Crippen LogP contribution in [0.25, 0.3) is 10.9 Å². The molecule has 100 valence electrons. The molecule has 0 saturated heterocycles. The van der Waals surface area contributed by atoms with Gasteiger partial charge in [-0.1, -0.05) is 18.2 Å². The van der Waals surface area contributed by atoms with Crippen LogP contribution in [0.2, 0.25) is 0 Å². The van der Waals surface area contributed by atoms with Crippen molar-refractivity contribution in [2.75, 3.05) is 5.73 Å². The molecule has 0 spiro atoms. The van der Waals surface area contributed by atoms with Gasteiger partial charge in [0.15, 0.2) is 5.78 Å². The van der Waals surface area contributed by atoms with Crippen molar-refractivity contribution in [2.45, 2.75) is 6.92 Å². The van der Waals surface area contributed by atoms with Crippen molar-refractivity contribution in [2.24, 2.45) is 0 Å². The normalized spacial score (nSPS) is 10.9. The molecule has 4 heteroatoms. The molecule has 1 aromatic heterocycles. The van der Waals surface area contributed by atoms with E-state index in [1.807, 2.05) is 25.1 Å². The van der Waals surface area contributed by atoms with Gasteiger partial charge in [-0.2, -0.15) is 0 Å². The maximum atomic E-state index is 12.7. The third-order valence-corrected chi connectivity index (χ3v) is 4.24. The fraction of sp³-hybridized carbons (Fsp3) is 0.0625. The van der Waals surface area contributed by atoms with E-state index < -0.39 is 0 Å². The van der Waals surface area contributed by atoms with Gasteiger partial charge in [0.05, 0.1) is 4.47 Å². The summed E-state index contributed by atoms with van der Waals surface area (Å²) >= 11 is 3.39. The minimum atomic E-state index is -0.0423. The summed E-state index contributed by atoms with van der Waals surface area (Å²) in [5, 5.41) is 0.926. The molecule has 3 N–H and O–H groups in total. The molecule has 0 aliphatic heterocycles. The van der Waals surface area contributed by atoms with E-state index in [9.17, 15) is 4.79 Å². The number of aromatic amines is 1. The number of hydrogen-bond donors (Lipinski definition) is 2. The minimum Gasteiger partial charge on any atom is -0.398 e. The predicted octanol–water partition coefficient (Wildman–Crippen LogP) is 4.05. The van der Waals surface area contributed by atoms with Crippen LogP contribution in [0.4, 0.5) is 5.69 Å². The van der Waals surface area contributed by atoms with Crippen LogP contribution in [0.1, 0.15) is 21.5 Å². The Morgan fingerprint density at radius 1 is 1.20 bits per heavy atom. The van der Waals surface area contributed by atoms with Crippen molar-refractivity contribution in [3.63, 3.8) is 0 Å². The smallest absolute Gasteiger partial charge is 0.196 e. The zero-order valence-corrected chi connectivity index (χ0v) is 12.5. The van der Waals surface area contributed by atoms with Crippen LogP contribution >= 0.6 is 15.9 Å². The third kappa shape index (κ3) is 2.02. The molecular formula is C16H13BrN2O. The van der Waals surface area contributed by atoms with Gasteiger partial charge in [-0.25, -0.2) is 0 Å². The van der Waals surface area contributed by atoms with E-state index in [0.717, 1.165) is 16.5 Å². The number of H-pyrrole nitrogens is 1. The van der Waals surface area contributed by atoms with Gasteiger partial charge < -0.3 is 10.7 Å². The molecule has 3 nitrogen and oxygen atoms in total. The second-order valence-electron chi connectivity index (χ2n) is 4.79. The van der Waals surface area contributed by atoms with E-state index >= 15 is 0 Å². The van der Waals surface area contributed by atoms with Crippen LogP contribution in [0.3, 0.4) is 0 Å². The number of halogens is 1. The highest BCUT2D eigenvalue weighted by molar-refractivity contribution is 9.10. The molecule has 1 heterocycles. The highest BCUT2D eigenvalue weighted by atomic mass is 79.9. The zero-order valence-electron chi connectivity index (χ0n) is 10.9. The number of nitrogen functional groups attached to an aromatic ring is 1. The number of nitrogens with two attached hydrogens (primary N) is 1. The van der Waals surface area contributed by atoms with Crippen molar-refractivity contribution in [3.05, 3.63) is 63.8 Å². The number of aryl methyl sites for hydroxylation is 1. The summed E-state index contributed by atoms with van der Waals surface area (Å²) in [6.07, 6.45) is 1.75. The van der Waals surface area contributed by atoms with Crippen LogP contribution in [-0.2, 0) is 0 Å². The molecule has 3 rings (SSSR count). The van der Waals surface area contributed by atoms with E-state index in [-0.39, 0.29) is 5.78 Å². The van der Waals surface area contributed by atoms with Crippen molar-refractivity contribution in [3.8, 4) is 0 Å². The van der Waals surface area contributed by atoms with Gasteiger partial charge in [0.1, 0.15) is 0 Å². The number of carbonyl (C=O) groups is 1. The lowest BCUT2D eigenvalue weighted by atomic mass is 10.0. The van der Waals surface area contributed by atoms with E-state index in [0.29, 0.717) is 21.3 Å². The van der Waals surface area contributed by atoms with Crippen LogP contribution < -0.4 is 5.73 Å². The Hall–Kier alpha value is -2.07. The quantitative estimate of drug-likeness (QED) is 0.550. The molecule has 2 aromatic carbocycles. The first-order chi connectivity index (χ1) is 9.58. The van der Waals surface area contributed by atoms with Crippen LogP contribution in [0.5, 0.6) is 0 Å². The molecule has 20 heavy (non-hydrogen) atoms. The van der Waals surface area contributed by atoms with Crippen molar-refractivity contribution >= 4 is 38.3 Å². The number of carbonyl (C=O) groups excluding carboxylic acids is 1. The van der Waals surface area contributed by atoms with Gasteiger partial charge >= 0.3 is 0 Å². The number of fused-ring (bicyclic) bond motifs is 1. The molecule has 0 aliphatic rings. The summed E-state index contributed by atoms with van der Waals surface area (Å²) in [7, 11) is 0. The Bertz CT molecular complexity index is 820. The van der Waals surface area contributed by atoms with E-state index in [2.05, 4.69) is 20.9 Å². The Morgan fingerprint density at radius 3 is 2.80 bits per heavy atom.